The van der Waals surface area contributed by atoms with Gasteiger partial charge in [0.2, 0.25) is 0 Å². The molecule has 1 aromatic heterocycles. The van der Waals surface area contributed by atoms with Gasteiger partial charge in [0.25, 0.3) is 11.8 Å². The van der Waals surface area contributed by atoms with Crippen molar-refractivity contribution in [2.75, 3.05) is 6.54 Å². The number of carbonyl (C=O) groups is 2. The van der Waals surface area contributed by atoms with E-state index in [9.17, 15) is 18.0 Å². The maximum atomic E-state index is 13.3. The van der Waals surface area contributed by atoms with E-state index in [1.807, 2.05) is 19.1 Å². The number of halogens is 1. The van der Waals surface area contributed by atoms with Crippen LogP contribution < -0.4 is 5.32 Å². The Hall–Kier alpha value is -2.32. The molecule has 33 heavy (non-hydrogen) atoms. The molecule has 178 valence electrons. The zero-order valence-electron chi connectivity index (χ0n) is 19.4. The van der Waals surface area contributed by atoms with E-state index >= 15 is 0 Å². The van der Waals surface area contributed by atoms with Gasteiger partial charge in [-0.2, -0.15) is 0 Å². The van der Waals surface area contributed by atoms with Crippen LogP contribution in [0.2, 0.25) is 5.02 Å². The molecule has 2 heterocycles. The van der Waals surface area contributed by atoms with E-state index < -0.39 is 19.3 Å². The quantitative estimate of drug-likeness (QED) is 0.667. The topological polar surface area (TPSA) is 88.5 Å². The predicted molar refractivity (Wildman–Crippen MR) is 128 cm³/mol. The van der Waals surface area contributed by atoms with Gasteiger partial charge in [0.15, 0.2) is 9.84 Å². The molecule has 0 radical (unpaired) electrons. The van der Waals surface area contributed by atoms with Gasteiger partial charge in [0, 0.05) is 30.7 Å². The zero-order valence-corrected chi connectivity index (χ0v) is 21.0. The summed E-state index contributed by atoms with van der Waals surface area (Å²) in [6.45, 7) is 8.01. The van der Waals surface area contributed by atoms with Gasteiger partial charge in [-0.25, -0.2) is 8.42 Å². The summed E-state index contributed by atoms with van der Waals surface area (Å²) in [7, 11) is -3.41. The minimum atomic E-state index is -3.41. The lowest BCUT2D eigenvalue weighted by Crippen LogP contribution is -2.53. The highest BCUT2D eigenvalue weighted by Crippen LogP contribution is 2.49. The molecular weight excluding hydrogens is 462 g/mol. The van der Waals surface area contributed by atoms with E-state index in [1.54, 1.807) is 54.5 Å². The van der Waals surface area contributed by atoms with Crippen molar-refractivity contribution >= 4 is 33.3 Å². The van der Waals surface area contributed by atoms with Gasteiger partial charge >= 0.3 is 0 Å². The van der Waals surface area contributed by atoms with Crippen molar-refractivity contribution in [3.05, 3.63) is 58.4 Å². The number of benzene rings is 1. The lowest BCUT2D eigenvalue weighted by atomic mass is 10.1. The number of rotatable bonds is 6. The Labute approximate surface area is 200 Å². The second-order valence-electron chi connectivity index (χ2n) is 10.1. The van der Waals surface area contributed by atoms with Crippen molar-refractivity contribution in [3.63, 3.8) is 0 Å². The third kappa shape index (κ3) is 4.19. The first-order chi connectivity index (χ1) is 15.4. The van der Waals surface area contributed by atoms with Gasteiger partial charge in [-0.15, -0.1) is 0 Å². The summed E-state index contributed by atoms with van der Waals surface area (Å²) in [4.78, 5) is 27.8. The average molecular weight is 492 g/mol. The molecule has 0 spiro atoms. The van der Waals surface area contributed by atoms with Crippen LogP contribution in [0.4, 0.5) is 0 Å². The first-order valence-electron chi connectivity index (χ1n) is 11.1. The minimum absolute atomic E-state index is 0.190. The Morgan fingerprint density at radius 2 is 1.79 bits per heavy atom. The monoisotopic (exact) mass is 491 g/mol. The van der Waals surface area contributed by atoms with E-state index in [0.29, 0.717) is 42.3 Å². The molecule has 1 atom stereocenters. The van der Waals surface area contributed by atoms with Gasteiger partial charge < -0.3 is 14.8 Å². The van der Waals surface area contributed by atoms with Crippen LogP contribution >= 0.6 is 11.6 Å². The van der Waals surface area contributed by atoms with Crippen LogP contribution in [0, 0.1) is 0 Å². The number of amides is 2. The van der Waals surface area contributed by atoms with Crippen molar-refractivity contribution in [3.8, 4) is 0 Å². The highest BCUT2D eigenvalue weighted by molar-refractivity contribution is 7.94. The molecule has 1 saturated carbocycles. The molecule has 9 heteroatoms. The number of fused-ring (bicyclic) bond motifs is 1. The van der Waals surface area contributed by atoms with Gasteiger partial charge in [-0.05, 0) is 70.4 Å². The number of hydrogen-bond acceptors (Lipinski definition) is 4. The molecule has 1 unspecified atom stereocenters. The Morgan fingerprint density at radius 1 is 1.15 bits per heavy atom. The first kappa shape index (κ1) is 23.8. The van der Waals surface area contributed by atoms with Crippen molar-refractivity contribution < 1.29 is 18.0 Å². The molecule has 1 N–H and O–H groups in total. The van der Waals surface area contributed by atoms with Crippen molar-refractivity contribution in [2.24, 2.45) is 0 Å². The molecule has 7 nitrogen and oxygen atoms in total. The number of hydrogen-bond donors (Lipinski definition) is 1. The van der Waals surface area contributed by atoms with E-state index in [1.165, 1.54) is 0 Å². The normalized spacial score (nSPS) is 19.8. The second kappa shape index (κ2) is 8.17. The third-order valence-electron chi connectivity index (χ3n) is 6.68. The van der Waals surface area contributed by atoms with Crippen molar-refractivity contribution in [1.82, 2.24) is 14.8 Å². The van der Waals surface area contributed by atoms with Gasteiger partial charge in [0.05, 0.1) is 9.49 Å². The highest BCUT2D eigenvalue weighted by atomic mass is 35.5. The fraction of sp³-hybridized carbons (Fsp3) is 0.500. The summed E-state index contributed by atoms with van der Waals surface area (Å²) in [6.07, 6.45) is 1.14. The van der Waals surface area contributed by atoms with Crippen LogP contribution in [0.3, 0.4) is 0 Å². The Bertz CT molecular complexity index is 1190. The number of aromatic nitrogens is 1. The van der Waals surface area contributed by atoms with Gasteiger partial charge in [-0.3, -0.25) is 9.59 Å². The molecule has 2 amide bonds. The van der Waals surface area contributed by atoms with Crippen LogP contribution in [0.5, 0.6) is 0 Å². The lowest BCUT2D eigenvalue weighted by molar-refractivity contribution is 0.0606. The van der Waals surface area contributed by atoms with Gasteiger partial charge in [0.1, 0.15) is 11.4 Å². The number of carbonyl (C=O) groups excluding carboxylic acids is 2. The Kier molecular flexibility index (Phi) is 5.90. The van der Waals surface area contributed by atoms with E-state index in [0.717, 1.165) is 5.56 Å². The molecule has 1 aliphatic heterocycles. The first-order valence-corrected chi connectivity index (χ1v) is 13.0. The SMILES string of the molecule is CC1Cn2c(C(=O)NCc3ccc(Cl)cc3)ccc2C(=O)N1CC1(S(=O)(=O)C(C)(C)C)CC1. The van der Waals surface area contributed by atoms with Crippen molar-refractivity contribution in [1.29, 1.82) is 0 Å². The van der Waals surface area contributed by atoms with E-state index in [-0.39, 0.29) is 24.4 Å². The molecular formula is C24H30ClN3O4S. The van der Waals surface area contributed by atoms with Crippen LogP contribution in [-0.4, -0.2) is 51.8 Å². The fourth-order valence-electron chi connectivity index (χ4n) is 4.47. The van der Waals surface area contributed by atoms with Crippen molar-refractivity contribution in [2.45, 2.75) is 69.2 Å². The maximum absolute atomic E-state index is 13.3. The average Bonchev–Trinajstić information content (AvgIpc) is 3.42. The number of sulfone groups is 1. The predicted octanol–water partition coefficient (Wildman–Crippen LogP) is 3.66. The molecule has 0 saturated heterocycles. The molecule has 2 aliphatic rings. The van der Waals surface area contributed by atoms with Crippen LogP contribution in [0.15, 0.2) is 36.4 Å². The van der Waals surface area contributed by atoms with Crippen LogP contribution in [0.25, 0.3) is 0 Å². The molecule has 2 aromatic rings. The summed E-state index contributed by atoms with van der Waals surface area (Å²) in [5.41, 5.74) is 1.75. The standard InChI is InChI=1S/C24H30ClN3O4S/c1-16-14-27-19(21(29)26-13-17-5-7-18(25)8-6-17)9-10-20(27)22(30)28(16)15-24(11-12-24)33(31,32)23(2,3)4/h5-10,16H,11-15H2,1-4H3,(H,26,29). The molecule has 1 fully saturated rings. The van der Waals surface area contributed by atoms with Crippen LogP contribution in [0.1, 0.15) is 67.1 Å². The van der Waals surface area contributed by atoms with Gasteiger partial charge in [-0.1, -0.05) is 23.7 Å². The minimum Gasteiger partial charge on any atom is -0.347 e. The molecule has 1 aromatic carbocycles. The summed E-state index contributed by atoms with van der Waals surface area (Å²) in [5, 5.41) is 3.52. The van der Waals surface area contributed by atoms with E-state index in [4.69, 9.17) is 11.6 Å². The largest absolute Gasteiger partial charge is 0.347 e. The molecule has 0 bridgehead atoms. The van der Waals surface area contributed by atoms with E-state index in [2.05, 4.69) is 5.32 Å². The number of nitrogens with zero attached hydrogens (tertiary/aromatic N) is 2. The fourth-order valence-corrected chi connectivity index (χ4v) is 6.85. The highest BCUT2D eigenvalue weighted by Gasteiger charge is 2.60. The summed E-state index contributed by atoms with van der Waals surface area (Å²) in [5.74, 6) is -0.500. The van der Waals surface area contributed by atoms with Crippen LogP contribution in [-0.2, 0) is 22.9 Å². The Morgan fingerprint density at radius 3 is 2.36 bits per heavy atom. The smallest absolute Gasteiger partial charge is 0.270 e. The third-order valence-corrected chi connectivity index (χ3v) is 10.2. The lowest BCUT2D eigenvalue weighted by Gasteiger charge is -2.38. The Balaban J connectivity index is 1.51. The summed E-state index contributed by atoms with van der Waals surface area (Å²) < 4.78 is 26.3. The molecule has 4 rings (SSSR count). The summed E-state index contributed by atoms with van der Waals surface area (Å²) in [6, 6.07) is 10.3. The second-order valence-corrected chi connectivity index (χ2v) is 13.6. The molecule has 1 aliphatic carbocycles. The number of nitrogens with one attached hydrogen (secondary N) is 1. The summed E-state index contributed by atoms with van der Waals surface area (Å²) >= 11 is 5.91. The zero-order chi connectivity index (χ0) is 24.2. The maximum Gasteiger partial charge on any atom is 0.270 e.